The van der Waals surface area contributed by atoms with Gasteiger partial charge in [0, 0.05) is 18.3 Å². The molecule has 1 aromatic carbocycles. The average molecular weight is 325 g/mol. The van der Waals surface area contributed by atoms with Crippen LogP contribution in [-0.2, 0) is 4.79 Å². The summed E-state index contributed by atoms with van der Waals surface area (Å²) in [6.45, 7) is 6.15. The summed E-state index contributed by atoms with van der Waals surface area (Å²) < 4.78 is 5.82. The predicted molar refractivity (Wildman–Crippen MR) is 94.0 cm³/mol. The molecule has 1 aromatic heterocycles. The number of rotatable bonds is 5. The van der Waals surface area contributed by atoms with E-state index in [1.807, 2.05) is 43.3 Å². The molecule has 2 aromatic rings. The molecule has 1 aliphatic heterocycles. The van der Waals surface area contributed by atoms with Crippen molar-refractivity contribution in [1.29, 1.82) is 0 Å². The van der Waals surface area contributed by atoms with E-state index in [4.69, 9.17) is 4.74 Å². The number of aromatic nitrogens is 1. The molecule has 1 amide bonds. The Morgan fingerprint density at radius 3 is 2.79 bits per heavy atom. The molecule has 2 N–H and O–H groups in total. The van der Waals surface area contributed by atoms with E-state index < -0.39 is 6.10 Å². The van der Waals surface area contributed by atoms with Gasteiger partial charge in [0.1, 0.15) is 5.75 Å². The van der Waals surface area contributed by atoms with E-state index in [0.29, 0.717) is 6.42 Å². The van der Waals surface area contributed by atoms with E-state index in [9.17, 15) is 4.79 Å². The molecule has 5 nitrogen and oxygen atoms in total. The molecule has 0 spiro atoms. The topological polar surface area (TPSA) is 63.2 Å². The molecule has 1 aliphatic rings. The van der Waals surface area contributed by atoms with Crippen molar-refractivity contribution >= 4 is 11.6 Å². The highest BCUT2D eigenvalue weighted by atomic mass is 16.5. The van der Waals surface area contributed by atoms with E-state index in [0.717, 1.165) is 22.7 Å². The molecule has 0 bridgehead atoms. The Morgan fingerprint density at radius 1 is 1.25 bits per heavy atom. The van der Waals surface area contributed by atoms with Gasteiger partial charge in [0.15, 0.2) is 6.10 Å². The van der Waals surface area contributed by atoms with Crippen molar-refractivity contribution in [3.63, 3.8) is 0 Å². The fraction of sp³-hybridized carbons (Fsp3) is 0.368. The largest absolute Gasteiger partial charge is 0.478 e. The first-order valence-corrected chi connectivity index (χ1v) is 8.37. The van der Waals surface area contributed by atoms with Crippen LogP contribution in [0.3, 0.4) is 0 Å². The highest BCUT2D eigenvalue weighted by Gasteiger charge is 2.26. The maximum absolute atomic E-state index is 11.9. The molecule has 0 fully saturated rings. The second-order valence-corrected chi connectivity index (χ2v) is 6.12. The normalized spacial score (nSPS) is 19.0. The molecule has 2 heterocycles. The Labute approximate surface area is 142 Å². The lowest BCUT2D eigenvalue weighted by Gasteiger charge is -2.27. The third-order valence-electron chi connectivity index (χ3n) is 4.33. The van der Waals surface area contributed by atoms with E-state index in [2.05, 4.69) is 29.5 Å². The highest BCUT2D eigenvalue weighted by molar-refractivity contribution is 5.97. The molecule has 3 atom stereocenters. The maximum Gasteiger partial charge on any atom is 0.265 e. The van der Waals surface area contributed by atoms with E-state index in [1.165, 1.54) is 0 Å². The average Bonchev–Trinajstić information content (AvgIpc) is 2.61. The zero-order chi connectivity index (χ0) is 17.1. The second kappa shape index (κ2) is 7.01. The molecule has 0 saturated heterocycles. The van der Waals surface area contributed by atoms with Crippen LogP contribution in [0.2, 0.25) is 0 Å². The van der Waals surface area contributed by atoms with Crippen molar-refractivity contribution in [2.24, 2.45) is 0 Å². The van der Waals surface area contributed by atoms with Crippen molar-refractivity contribution in [3.8, 4) is 5.75 Å². The lowest BCUT2D eigenvalue weighted by molar-refractivity contribution is -0.123. The van der Waals surface area contributed by atoms with Crippen molar-refractivity contribution < 1.29 is 9.53 Å². The summed E-state index contributed by atoms with van der Waals surface area (Å²) >= 11 is 0. The third kappa shape index (κ3) is 3.41. The molecule has 0 aliphatic carbocycles. The Balaban J connectivity index is 1.74. The number of hydrogen-bond acceptors (Lipinski definition) is 4. The number of benzene rings is 1. The number of pyridine rings is 1. The molecular formula is C19H23N3O2. The summed E-state index contributed by atoms with van der Waals surface area (Å²) in [5.74, 6) is 0.658. The van der Waals surface area contributed by atoms with Gasteiger partial charge in [0.05, 0.1) is 11.4 Å². The van der Waals surface area contributed by atoms with Gasteiger partial charge < -0.3 is 15.4 Å². The van der Waals surface area contributed by atoms with Gasteiger partial charge >= 0.3 is 0 Å². The first-order valence-electron chi connectivity index (χ1n) is 8.37. The van der Waals surface area contributed by atoms with Gasteiger partial charge in [-0.2, -0.15) is 0 Å². The zero-order valence-corrected chi connectivity index (χ0v) is 14.2. The van der Waals surface area contributed by atoms with Crippen LogP contribution in [0, 0.1) is 0 Å². The Bertz CT molecular complexity index is 718. The summed E-state index contributed by atoms with van der Waals surface area (Å²) in [5.41, 5.74) is 2.86. The van der Waals surface area contributed by atoms with Crippen molar-refractivity contribution in [3.05, 3.63) is 53.9 Å². The number of carbonyl (C=O) groups is 1. The van der Waals surface area contributed by atoms with E-state index in [-0.39, 0.29) is 18.0 Å². The number of ether oxygens (including phenoxy) is 1. The van der Waals surface area contributed by atoms with E-state index >= 15 is 0 Å². The van der Waals surface area contributed by atoms with Crippen molar-refractivity contribution in [2.45, 2.75) is 45.4 Å². The monoisotopic (exact) mass is 325 g/mol. The lowest BCUT2D eigenvalue weighted by atomic mass is 10.0. The fourth-order valence-corrected chi connectivity index (χ4v) is 2.89. The van der Waals surface area contributed by atoms with Gasteiger partial charge in [-0.1, -0.05) is 19.1 Å². The number of carbonyl (C=O) groups excluding carboxylic acids is 1. The minimum atomic E-state index is -0.413. The van der Waals surface area contributed by atoms with Gasteiger partial charge in [-0.25, -0.2) is 0 Å². The molecular weight excluding hydrogens is 302 g/mol. The van der Waals surface area contributed by atoms with Crippen molar-refractivity contribution in [1.82, 2.24) is 10.3 Å². The summed E-state index contributed by atoms with van der Waals surface area (Å²) in [4.78, 5) is 16.2. The second-order valence-electron chi connectivity index (χ2n) is 6.12. The molecule has 3 rings (SSSR count). The summed E-state index contributed by atoms with van der Waals surface area (Å²) in [5, 5.41) is 6.45. The van der Waals surface area contributed by atoms with Crippen LogP contribution in [-0.4, -0.2) is 17.0 Å². The SMILES string of the molecule is CC[C@@H]1Oc2cc([C@H](C)N[C@H](C)c3ccccn3)ccc2NC1=O. The molecule has 0 unspecified atom stereocenters. The Hall–Kier alpha value is -2.40. The zero-order valence-electron chi connectivity index (χ0n) is 14.2. The number of anilines is 1. The minimum Gasteiger partial charge on any atom is -0.478 e. The predicted octanol–water partition coefficient (Wildman–Crippen LogP) is 3.60. The number of nitrogens with one attached hydrogen (secondary N) is 2. The van der Waals surface area contributed by atoms with Crippen LogP contribution in [0.15, 0.2) is 42.6 Å². The maximum atomic E-state index is 11.9. The van der Waals surface area contributed by atoms with Gasteiger partial charge in [0.2, 0.25) is 0 Å². The van der Waals surface area contributed by atoms with Gasteiger partial charge in [-0.15, -0.1) is 0 Å². The lowest BCUT2D eigenvalue weighted by Crippen LogP contribution is -2.36. The van der Waals surface area contributed by atoms with Crippen LogP contribution in [0.4, 0.5) is 5.69 Å². The molecule has 24 heavy (non-hydrogen) atoms. The van der Waals surface area contributed by atoms with Gasteiger partial charge in [-0.3, -0.25) is 9.78 Å². The van der Waals surface area contributed by atoms with Crippen LogP contribution < -0.4 is 15.4 Å². The highest BCUT2D eigenvalue weighted by Crippen LogP contribution is 2.33. The molecule has 5 heteroatoms. The number of hydrogen-bond donors (Lipinski definition) is 2. The van der Waals surface area contributed by atoms with E-state index in [1.54, 1.807) is 6.20 Å². The molecule has 0 radical (unpaired) electrons. The number of amides is 1. The Morgan fingerprint density at radius 2 is 2.08 bits per heavy atom. The molecule has 126 valence electrons. The van der Waals surface area contributed by atoms with Crippen LogP contribution in [0.25, 0.3) is 0 Å². The van der Waals surface area contributed by atoms with Crippen LogP contribution in [0.1, 0.15) is 50.5 Å². The third-order valence-corrected chi connectivity index (χ3v) is 4.33. The standard InChI is InChI=1S/C19H23N3O2/c1-4-17-19(23)22-16-9-8-14(11-18(16)24-17)12(2)21-13(3)15-7-5-6-10-20-15/h5-13,17,21H,4H2,1-3H3,(H,22,23)/t12-,13+,17-/m0/s1. The van der Waals surface area contributed by atoms with Gasteiger partial charge in [-0.05, 0) is 50.1 Å². The summed E-state index contributed by atoms with van der Waals surface area (Å²) in [7, 11) is 0. The first-order chi connectivity index (χ1) is 11.6. The minimum absolute atomic E-state index is 0.0762. The fourth-order valence-electron chi connectivity index (χ4n) is 2.89. The van der Waals surface area contributed by atoms with Crippen LogP contribution in [0.5, 0.6) is 5.75 Å². The number of nitrogens with zero attached hydrogens (tertiary/aromatic N) is 1. The van der Waals surface area contributed by atoms with Crippen LogP contribution >= 0.6 is 0 Å². The number of fused-ring (bicyclic) bond motifs is 1. The van der Waals surface area contributed by atoms with Gasteiger partial charge in [0.25, 0.3) is 5.91 Å². The smallest absolute Gasteiger partial charge is 0.265 e. The quantitative estimate of drug-likeness (QED) is 0.881. The summed E-state index contributed by atoms with van der Waals surface area (Å²) in [6, 6.07) is 12.1. The molecule has 0 saturated carbocycles. The summed E-state index contributed by atoms with van der Waals surface area (Å²) in [6.07, 6.45) is 2.04. The first kappa shape index (κ1) is 16.5. The van der Waals surface area contributed by atoms with Crippen molar-refractivity contribution in [2.75, 3.05) is 5.32 Å². The Kier molecular flexibility index (Phi) is 4.81.